The predicted octanol–water partition coefficient (Wildman–Crippen LogP) is 2.66. The minimum Gasteiger partial charge on any atom is -0.490 e. The molecule has 1 aliphatic rings. The quantitative estimate of drug-likeness (QED) is 0.668. The highest BCUT2D eigenvalue weighted by molar-refractivity contribution is 6.32. The lowest BCUT2D eigenvalue weighted by molar-refractivity contribution is -0.121. The van der Waals surface area contributed by atoms with Crippen molar-refractivity contribution >= 4 is 29.6 Å². The van der Waals surface area contributed by atoms with E-state index in [1.165, 1.54) is 13.1 Å². The third-order valence-electron chi connectivity index (χ3n) is 3.04. The summed E-state index contributed by atoms with van der Waals surface area (Å²) >= 11 is 6.22. The average molecular weight is 325 g/mol. The molecule has 3 amide bonds. The second kappa shape index (κ2) is 6.70. The molecule has 1 aromatic rings. The van der Waals surface area contributed by atoms with Gasteiger partial charge in [0.25, 0.3) is 5.91 Å². The summed E-state index contributed by atoms with van der Waals surface area (Å²) in [5.74, 6) is 0.661. The monoisotopic (exact) mass is 324 g/mol. The van der Waals surface area contributed by atoms with Gasteiger partial charge < -0.3 is 14.8 Å². The van der Waals surface area contributed by atoms with Gasteiger partial charge in [-0.2, -0.15) is 0 Å². The summed E-state index contributed by atoms with van der Waals surface area (Å²) in [7, 11) is 1.41. The SMILES string of the molecule is CCOc1cc(Cl)c(/C=C2/NC(=O)N(C)C2=O)cc1OCC. The molecule has 118 valence electrons. The van der Waals surface area contributed by atoms with Crippen LogP contribution in [-0.2, 0) is 4.79 Å². The van der Waals surface area contributed by atoms with Crippen molar-refractivity contribution < 1.29 is 19.1 Å². The smallest absolute Gasteiger partial charge is 0.328 e. The van der Waals surface area contributed by atoms with Crippen molar-refractivity contribution in [3.05, 3.63) is 28.4 Å². The maximum absolute atomic E-state index is 11.9. The number of urea groups is 1. The number of amides is 3. The summed E-state index contributed by atoms with van der Waals surface area (Å²) in [6.07, 6.45) is 1.52. The van der Waals surface area contributed by atoms with Gasteiger partial charge in [0.1, 0.15) is 5.70 Å². The van der Waals surface area contributed by atoms with E-state index in [0.29, 0.717) is 35.3 Å². The Morgan fingerprint density at radius 3 is 2.27 bits per heavy atom. The largest absolute Gasteiger partial charge is 0.490 e. The Morgan fingerprint density at radius 2 is 1.77 bits per heavy atom. The van der Waals surface area contributed by atoms with E-state index in [9.17, 15) is 9.59 Å². The van der Waals surface area contributed by atoms with Crippen LogP contribution in [0.25, 0.3) is 6.08 Å². The Balaban J connectivity index is 2.41. The van der Waals surface area contributed by atoms with Crippen LogP contribution < -0.4 is 14.8 Å². The van der Waals surface area contributed by atoms with E-state index in [1.807, 2.05) is 13.8 Å². The Kier molecular flexibility index (Phi) is 4.92. The molecular weight excluding hydrogens is 308 g/mol. The number of imide groups is 1. The van der Waals surface area contributed by atoms with Crippen LogP contribution in [0.2, 0.25) is 5.02 Å². The fourth-order valence-electron chi connectivity index (χ4n) is 1.98. The number of benzene rings is 1. The Labute approximate surface area is 133 Å². The van der Waals surface area contributed by atoms with Crippen LogP contribution in [0.15, 0.2) is 17.8 Å². The number of halogens is 1. The van der Waals surface area contributed by atoms with Crippen LogP contribution in [0.4, 0.5) is 4.79 Å². The van der Waals surface area contributed by atoms with Gasteiger partial charge in [-0.25, -0.2) is 4.79 Å². The number of carbonyl (C=O) groups is 2. The van der Waals surface area contributed by atoms with Gasteiger partial charge in [-0.1, -0.05) is 11.6 Å². The molecular formula is C15H17ClN2O4. The van der Waals surface area contributed by atoms with Crippen LogP contribution in [-0.4, -0.2) is 37.1 Å². The van der Waals surface area contributed by atoms with Gasteiger partial charge >= 0.3 is 6.03 Å². The average Bonchev–Trinajstić information content (AvgIpc) is 2.71. The summed E-state index contributed by atoms with van der Waals surface area (Å²) in [6.45, 7) is 4.67. The van der Waals surface area contributed by atoms with Crippen molar-refractivity contribution in [2.75, 3.05) is 20.3 Å². The van der Waals surface area contributed by atoms with Crippen molar-refractivity contribution in [1.29, 1.82) is 0 Å². The lowest BCUT2D eigenvalue weighted by atomic mass is 10.1. The van der Waals surface area contributed by atoms with Crippen molar-refractivity contribution in [3.63, 3.8) is 0 Å². The maximum Gasteiger partial charge on any atom is 0.328 e. The molecule has 1 saturated heterocycles. The van der Waals surface area contributed by atoms with Crippen LogP contribution in [0.5, 0.6) is 11.5 Å². The van der Waals surface area contributed by atoms with Gasteiger partial charge in [0.15, 0.2) is 11.5 Å². The molecule has 0 radical (unpaired) electrons. The number of likely N-dealkylation sites (N-methyl/N-ethyl adjacent to an activating group) is 1. The van der Waals surface area contributed by atoms with Crippen LogP contribution in [0, 0.1) is 0 Å². The number of nitrogens with zero attached hydrogens (tertiary/aromatic N) is 1. The lowest BCUT2D eigenvalue weighted by Gasteiger charge is -2.13. The van der Waals surface area contributed by atoms with E-state index >= 15 is 0 Å². The first-order chi connectivity index (χ1) is 10.5. The highest BCUT2D eigenvalue weighted by atomic mass is 35.5. The highest BCUT2D eigenvalue weighted by Gasteiger charge is 2.30. The van der Waals surface area contributed by atoms with Crippen molar-refractivity contribution in [2.24, 2.45) is 0 Å². The summed E-state index contributed by atoms with van der Waals surface area (Å²) < 4.78 is 11.0. The molecule has 1 heterocycles. The van der Waals surface area contributed by atoms with Crippen molar-refractivity contribution in [1.82, 2.24) is 10.2 Å². The molecule has 0 aliphatic carbocycles. The topological polar surface area (TPSA) is 67.9 Å². The Bertz CT molecular complexity index is 643. The second-order valence-corrected chi connectivity index (χ2v) is 4.95. The molecule has 0 atom stereocenters. The zero-order valence-electron chi connectivity index (χ0n) is 12.6. The summed E-state index contributed by atoms with van der Waals surface area (Å²) in [4.78, 5) is 24.3. The van der Waals surface area contributed by atoms with Gasteiger partial charge in [0.05, 0.1) is 18.2 Å². The summed E-state index contributed by atoms with van der Waals surface area (Å²) in [5.41, 5.74) is 0.730. The molecule has 0 bridgehead atoms. The van der Waals surface area contributed by atoms with E-state index in [1.54, 1.807) is 12.1 Å². The first-order valence-corrected chi connectivity index (χ1v) is 7.25. The molecule has 1 N–H and O–H groups in total. The maximum atomic E-state index is 11.9. The molecule has 1 fully saturated rings. The first-order valence-electron chi connectivity index (χ1n) is 6.87. The molecule has 0 aromatic heterocycles. The van der Waals surface area contributed by atoms with E-state index in [-0.39, 0.29) is 5.70 Å². The molecule has 2 rings (SSSR count). The van der Waals surface area contributed by atoms with Gasteiger partial charge in [-0.15, -0.1) is 0 Å². The van der Waals surface area contributed by atoms with Crippen LogP contribution in [0.3, 0.4) is 0 Å². The minimum absolute atomic E-state index is 0.168. The number of hydrogen-bond donors (Lipinski definition) is 1. The number of nitrogens with one attached hydrogen (secondary N) is 1. The number of hydrogen-bond acceptors (Lipinski definition) is 4. The fourth-order valence-corrected chi connectivity index (χ4v) is 2.19. The molecule has 6 nitrogen and oxygen atoms in total. The highest BCUT2D eigenvalue weighted by Crippen LogP contribution is 2.34. The Hall–Kier alpha value is -2.21. The van der Waals surface area contributed by atoms with Gasteiger partial charge in [-0.3, -0.25) is 9.69 Å². The van der Waals surface area contributed by atoms with E-state index in [0.717, 1.165) is 4.90 Å². The van der Waals surface area contributed by atoms with E-state index < -0.39 is 11.9 Å². The molecule has 1 aliphatic heterocycles. The Morgan fingerprint density at radius 1 is 1.18 bits per heavy atom. The van der Waals surface area contributed by atoms with Gasteiger partial charge in [-0.05, 0) is 31.6 Å². The number of ether oxygens (including phenoxy) is 2. The molecule has 0 saturated carbocycles. The summed E-state index contributed by atoms with van der Waals surface area (Å²) in [6, 6.07) is 2.85. The minimum atomic E-state index is -0.469. The standard InChI is InChI=1S/C15H17ClN2O4/c1-4-21-12-7-9(10(16)8-13(12)22-5-2)6-11-14(19)18(3)15(20)17-11/h6-8H,4-5H2,1-3H3,(H,17,20)/b11-6+. The van der Waals surface area contributed by atoms with Crippen LogP contribution >= 0.6 is 11.6 Å². The van der Waals surface area contributed by atoms with E-state index in [4.69, 9.17) is 21.1 Å². The van der Waals surface area contributed by atoms with Crippen LogP contribution in [0.1, 0.15) is 19.4 Å². The van der Waals surface area contributed by atoms with E-state index in [2.05, 4.69) is 5.32 Å². The number of rotatable bonds is 5. The lowest BCUT2D eigenvalue weighted by Crippen LogP contribution is -2.25. The number of carbonyl (C=O) groups excluding carboxylic acids is 2. The second-order valence-electron chi connectivity index (χ2n) is 4.54. The van der Waals surface area contributed by atoms with Crippen molar-refractivity contribution in [2.45, 2.75) is 13.8 Å². The van der Waals surface area contributed by atoms with Crippen molar-refractivity contribution in [3.8, 4) is 11.5 Å². The third-order valence-corrected chi connectivity index (χ3v) is 3.37. The van der Waals surface area contributed by atoms with Gasteiger partial charge in [0, 0.05) is 13.1 Å². The fraction of sp³-hybridized carbons (Fsp3) is 0.333. The zero-order chi connectivity index (χ0) is 16.3. The third kappa shape index (κ3) is 3.17. The normalized spacial score (nSPS) is 16.2. The summed E-state index contributed by atoms with van der Waals surface area (Å²) in [5, 5.41) is 2.89. The molecule has 22 heavy (non-hydrogen) atoms. The molecule has 7 heteroatoms. The molecule has 1 aromatic carbocycles. The molecule has 0 spiro atoms. The predicted molar refractivity (Wildman–Crippen MR) is 83.1 cm³/mol. The molecule has 0 unspecified atom stereocenters. The first kappa shape index (κ1) is 16.2. The van der Waals surface area contributed by atoms with Gasteiger partial charge in [0.2, 0.25) is 0 Å². The zero-order valence-corrected chi connectivity index (χ0v) is 13.4.